The lowest BCUT2D eigenvalue weighted by Gasteiger charge is -2.26. The zero-order valence-electron chi connectivity index (χ0n) is 19.0. The van der Waals surface area contributed by atoms with Gasteiger partial charge in [-0.2, -0.15) is 0 Å². The molecule has 5 rings (SSSR count). The maximum Gasteiger partial charge on any atom is 0.338 e. The number of benzene rings is 2. The Bertz CT molecular complexity index is 1260. The first kappa shape index (κ1) is 22.7. The maximum atomic E-state index is 13.8. The van der Waals surface area contributed by atoms with Crippen molar-refractivity contribution in [2.75, 3.05) is 16.8 Å². The number of hydrogen-bond donors (Lipinski definition) is 3. The van der Waals surface area contributed by atoms with Crippen LogP contribution in [0, 0.1) is 11.8 Å². The average Bonchev–Trinajstić information content (AvgIpc) is 3.42. The predicted octanol–water partition coefficient (Wildman–Crippen LogP) is 0.0276. The number of ether oxygens (including phenoxy) is 1. The fourth-order valence-electron chi connectivity index (χ4n) is 5.71. The van der Waals surface area contributed by atoms with Gasteiger partial charge >= 0.3 is 5.97 Å². The number of anilines is 2. The van der Waals surface area contributed by atoms with Gasteiger partial charge < -0.3 is 21.1 Å². The molecule has 4 amide bonds. The number of fused-ring (bicyclic) bond motifs is 4. The third-order valence-corrected chi connectivity index (χ3v) is 7.14. The zero-order chi connectivity index (χ0) is 24.9. The van der Waals surface area contributed by atoms with E-state index in [1.165, 1.54) is 24.3 Å². The van der Waals surface area contributed by atoms with Crippen LogP contribution in [0.5, 0.6) is 0 Å². The van der Waals surface area contributed by atoms with Gasteiger partial charge in [0, 0.05) is 18.4 Å². The van der Waals surface area contributed by atoms with Crippen molar-refractivity contribution in [2.45, 2.75) is 31.3 Å². The third-order valence-electron chi connectivity index (χ3n) is 7.14. The Kier molecular flexibility index (Phi) is 5.40. The number of esters is 1. The number of nitrogens with zero attached hydrogens (tertiary/aromatic N) is 1. The zero-order valence-corrected chi connectivity index (χ0v) is 19.0. The van der Waals surface area contributed by atoms with Crippen LogP contribution in [0.4, 0.5) is 11.4 Å². The minimum atomic E-state index is -1.32. The minimum Gasteiger partial charge on any atom is -0.462 e. The summed E-state index contributed by atoms with van der Waals surface area (Å²) in [6, 6.07) is 12.6. The van der Waals surface area contributed by atoms with Crippen molar-refractivity contribution in [3.63, 3.8) is 0 Å². The lowest BCUT2D eigenvalue weighted by atomic mass is 9.76. The van der Waals surface area contributed by atoms with Gasteiger partial charge in [0.15, 0.2) is 0 Å². The standard InChI is InChI=1S/C25H24N4O6/c1-2-35-23(33)13-7-9-14(10-8-13)29-21(31)19-17(11-12-18(26)30)28-25(20(19)22(29)32)15-5-3-4-6-16(15)27-24(25)34/h3-10,17,19-20,28H,2,11-12H2,1H3,(H2,26,30)(H,27,34)/p+1/t17-,19+,20-,25+/m1/s1. The lowest BCUT2D eigenvalue weighted by molar-refractivity contribution is -0.733. The second-order valence-electron chi connectivity index (χ2n) is 8.99. The van der Waals surface area contributed by atoms with Crippen molar-refractivity contribution >= 4 is 41.0 Å². The molecule has 2 saturated heterocycles. The van der Waals surface area contributed by atoms with E-state index in [1.807, 2.05) is 0 Å². The van der Waals surface area contributed by atoms with E-state index >= 15 is 0 Å². The highest BCUT2D eigenvalue weighted by molar-refractivity contribution is 6.25. The molecule has 2 aromatic rings. The molecule has 10 nitrogen and oxygen atoms in total. The molecule has 10 heteroatoms. The lowest BCUT2D eigenvalue weighted by Crippen LogP contribution is -2.99. The molecule has 0 unspecified atom stereocenters. The van der Waals surface area contributed by atoms with Crippen LogP contribution in [0.2, 0.25) is 0 Å². The number of carbonyl (C=O) groups excluding carboxylic acids is 5. The van der Waals surface area contributed by atoms with Crippen molar-refractivity contribution in [2.24, 2.45) is 17.6 Å². The summed E-state index contributed by atoms with van der Waals surface area (Å²) in [6.07, 6.45) is 0.280. The summed E-state index contributed by atoms with van der Waals surface area (Å²) in [6.45, 7) is 1.92. The molecular formula is C25H25N4O6+. The second-order valence-corrected chi connectivity index (χ2v) is 8.99. The Labute approximate surface area is 200 Å². The van der Waals surface area contributed by atoms with Crippen LogP contribution >= 0.6 is 0 Å². The minimum absolute atomic E-state index is 0.0272. The van der Waals surface area contributed by atoms with E-state index in [2.05, 4.69) is 5.32 Å². The molecule has 0 aliphatic carbocycles. The molecule has 5 N–H and O–H groups in total. The molecule has 1 spiro atoms. The predicted molar refractivity (Wildman–Crippen MR) is 123 cm³/mol. The average molecular weight is 477 g/mol. The molecule has 0 saturated carbocycles. The van der Waals surface area contributed by atoms with E-state index in [4.69, 9.17) is 10.5 Å². The van der Waals surface area contributed by atoms with Crippen LogP contribution in [0.25, 0.3) is 0 Å². The highest BCUT2D eigenvalue weighted by atomic mass is 16.5. The Morgan fingerprint density at radius 2 is 1.80 bits per heavy atom. The molecule has 4 atom stereocenters. The van der Waals surface area contributed by atoms with Gasteiger partial charge in [0.05, 0.1) is 23.5 Å². The molecule has 0 radical (unpaired) electrons. The van der Waals surface area contributed by atoms with E-state index in [0.29, 0.717) is 22.5 Å². The summed E-state index contributed by atoms with van der Waals surface area (Å²) >= 11 is 0. The first-order chi connectivity index (χ1) is 16.8. The van der Waals surface area contributed by atoms with Crippen LogP contribution in [0.15, 0.2) is 48.5 Å². The third kappa shape index (κ3) is 3.32. The van der Waals surface area contributed by atoms with Crippen molar-refractivity contribution in [1.82, 2.24) is 0 Å². The molecule has 35 heavy (non-hydrogen) atoms. The van der Waals surface area contributed by atoms with Gasteiger partial charge in [0.1, 0.15) is 17.9 Å². The molecule has 180 valence electrons. The number of amides is 4. The van der Waals surface area contributed by atoms with Crippen LogP contribution in [-0.2, 0) is 29.5 Å². The van der Waals surface area contributed by atoms with Gasteiger partial charge in [-0.1, -0.05) is 18.2 Å². The Morgan fingerprint density at radius 3 is 2.49 bits per heavy atom. The number of para-hydroxylation sites is 1. The van der Waals surface area contributed by atoms with Crippen LogP contribution < -0.4 is 21.3 Å². The summed E-state index contributed by atoms with van der Waals surface area (Å²) in [7, 11) is 0. The summed E-state index contributed by atoms with van der Waals surface area (Å²) in [5.74, 6) is -4.09. The number of nitrogens with one attached hydrogen (secondary N) is 1. The van der Waals surface area contributed by atoms with E-state index in [1.54, 1.807) is 36.5 Å². The Morgan fingerprint density at radius 1 is 1.09 bits per heavy atom. The normalized spacial score (nSPS) is 26.6. The molecule has 0 aromatic heterocycles. The van der Waals surface area contributed by atoms with Gasteiger partial charge in [-0.05, 0) is 37.3 Å². The fourth-order valence-corrected chi connectivity index (χ4v) is 5.71. The maximum absolute atomic E-state index is 13.8. The molecule has 3 aliphatic heterocycles. The summed E-state index contributed by atoms with van der Waals surface area (Å²) in [4.78, 5) is 65.5. The fraction of sp³-hybridized carbons (Fsp3) is 0.320. The van der Waals surface area contributed by atoms with Crippen molar-refractivity contribution < 1.29 is 34.0 Å². The number of imide groups is 1. The largest absolute Gasteiger partial charge is 0.462 e. The number of carbonyl (C=O) groups is 5. The first-order valence-electron chi connectivity index (χ1n) is 11.5. The summed E-state index contributed by atoms with van der Waals surface area (Å²) < 4.78 is 4.99. The number of rotatable bonds is 6. The number of quaternary nitrogens is 1. The molecule has 2 aromatic carbocycles. The Balaban J connectivity index is 1.56. The van der Waals surface area contributed by atoms with Crippen molar-refractivity contribution in [3.8, 4) is 0 Å². The SMILES string of the molecule is CCOC(=O)c1ccc(N2C(=O)[C@H]3[C@@H](CCC(N)=O)[NH2+][C@]4(C(=O)Nc5ccccc54)[C@H]3C2=O)cc1. The monoisotopic (exact) mass is 477 g/mol. The van der Waals surface area contributed by atoms with E-state index in [9.17, 15) is 24.0 Å². The van der Waals surface area contributed by atoms with Gasteiger partial charge in [-0.3, -0.25) is 19.2 Å². The van der Waals surface area contributed by atoms with Crippen molar-refractivity contribution in [1.29, 1.82) is 0 Å². The number of primary amides is 1. The highest BCUT2D eigenvalue weighted by Gasteiger charge is 2.74. The van der Waals surface area contributed by atoms with Crippen LogP contribution in [0.3, 0.4) is 0 Å². The smallest absolute Gasteiger partial charge is 0.338 e. The summed E-state index contributed by atoms with van der Waals surface area (Å²) in [5.41, 5.74) is 5.88. The van der Waals surface area contributed by atoms with Crippen LogP contribution in [0.1, 0.15) is 35.7 Å². The molecule has 2 fully saturated rings. The molecular weight excluding hydrogens is 452 g/mol. The highest BCUT2D eigenvalue weighted by Crippen LogP contribution is 2.50. The molecule has 3 aliphatic rings. The van der Waals surface area contributed by atoms with Crippen molar-refractivity contribution in [3.05, 3.63) is 59.7 Å². The van der Waals surface area contributed by atoms with Gasteiger partial charge in [-0.15, -0.1) is 0 Å². The molecule has 3 heterocycles. The topological polar surface area (TPSA) is 152 Å². The van der Waals surface area contributed by atoms with Gasteiger partial charge in [0.2, 0.25) is 23.3 Å². The second kappa shape index (κ2) is 8.31. The Hall–Kier alpha value is -4.05. The van der Waals surface area contributed by atoms with E-state index in [-0.39, 0.29) is 25.4 Å². The van der Waals surface area contributed by atoms with Crippen LogP contribution in [-0.4, -0.2) is 42.2 Å². The summed E-state index contributed by atoms with van der Waals surface area (Å²) in [5, 5.41) is 4.62. The van der Waals surface area contributed by atoms with E-state index in [0.717, 1.165) is 4.90 Å². The number of nitrogens with two attached hydrogens (primary N) is 2. The van der Waals surface area contributed by atoms with E-state index < -0.39 is 47.1 Å². The molecule has 0 bridgehead atoms. The number of hydrogen-bond acceptors (Lipinski definition) is 6. The van der Waals surface area contributed by atoms with Gasteiger partial charge in [-0.25, -0.2) is 9.69 Å². The first-order valence-corrected chi connectivity index (χ1v) is 11.5. The van der Waals surface area contributed by atoms with Gasteiger partial charge in [0.25, 0.3) is 5.91 Å². The quantitative estimate of drug-likeness (QED) is 0.394.